The summed E-state index contributed by atoms with van der Waals surface area (Å²) in [5, 5.41) is 6.74. The first-order chi connectivity index (χ1) is 9.40. The predicted molar refractivity (Wildman–Crippen MR) is 76.4 cm³/mol. The molecule has 0 fully saturated rings. The lowest BCUT2D eigenvalue weighted by Gasteiger charge is -2.12. The highest BCUT2D eigenvalue weighted by Gasteiger charge is 2.16. The number of hydrogen-bond acceptors (Lipinski definition) is 4. The van der Waals surface area contributed by atoms with Crippen molar-refractivity contribution in [2.75, 3.05) is 5.73 Å². The summed E-state index contributed by atoms with van der Waals surface area (Å²) in [6, 6.07) is 1.86. The topological polar surface area (TPSA) is 86.1 Å². The van der Waals surface area contributed by atoms with Crippen LogP contribution in [0.4, 0.5) is 5.69 Å². The molecule has 2 rings (SSSR count). The number of nitrogen functional groups attached to an aromatic ring is 1. The van der Waals surface area contributed by atoms with Gasteiger partial charge in [-0.3, -0.25) is 4.79 Å². The van der Waals surface area contributed by atoms with Gasteiger partial charge in [0.05, 0.1) is 11.4 Å². The number of nitrogens with one attached hydrogen (secondary N) is 1. The van der Waals surface area contributed by atoms with Crippen LogP contribution >= 0.6 is 0 Å². The van der Waals surface area contributed by atoms with Gasteiger partial charge in [0, 0.05) is 24.3 Å². The van der Waals surface area contributed by atoms with Crippen molar-refractivity contribution in [3.05, 3.63) is 35.0 Å². The minimum atomic E-state index is -0.157. The smallest absolute Gasteiger partial charge is 0.268 e. The van der Waals surface area contributed by atoms with E-state index in [9.17, 15) is 4.79 Å². The van der Waals surface area contributed by atoms with E-state index >= 15 is 0 Å². The molecule has 2 heterocycles. The Morgan fingerprint density at radius 1 is 1.50 bits per heavy atom. The van der Waals surface area contributed by atoms with Gasteiger partial charge in [0.15, 0.2) is 0 Å². The van der Waals surface area contributed by atoms with E-state index < -0.39 is 0 Å². The van der Waals surface area contributed by atoms with Crippen LogP contribution in [0.3, 0.4) is 0 Å². The second-order valence-corrected chi connectivity index (χ2v) is 5.15. The standard InChI is InChI=1S/C14H20N4O2/c1-8(2)18-7-11(15)5-13(18)14(19)16-6-12-9(3)17-20-10(12)4/h5,7-8H,6,15H2,1-4H3,(H,16,19). The van der Waals surface area contributed by atoms with Crippen LogP contribution < -0.4 is 11.1 Å². The molecule has 0 radical (unpaired) electrons. The average molecular weight is 276 g/mol. The number of hydrogen-bond donors (Lipinski definition) is 2. The molecule has 6 heteroatoms. The number of aromatic nitrogens is 2. The van der Waals surface area contributed by atoms with Crippen LogP contribution in [0.15, 0.2) is 16.8 Å². The highest BCUT2D eigenvalue weighted by molar-refractivity contribution is 5.93. The van der Waals surface area contributed by atoms with Gasteiger partial charge in [-0.1, -0.05) is 5.16 Å². The summed E-state index contributed by atoms with van der Waals surface area (Å²) in [6.45, 7) is 8.08. The quantitative estimate of drug-likeness (QED) is 0.896. The number of nitrogens with zero attached hydrogens (tertiary/aromatic N) is 2. The van der Waals surface area contributed by atoms with E-state index in [1.54, 1.807) is 12.3 Å². The third-order valence-corrected chi connectivity index (χ3v) is 3.27. The molecule has 1 amide bonds. The van der Waals surface area contributed by atoms with Gasteiger partial charge < -0.3 is 20.1 Å². The summed E-state index contributed by atoms with van der Waals surface area (Å²) in [4.78, 5) is 12.3. The van der Waals surface area contributed by atoms with Crippen molar-refractivity contribution in [2.24, 2.45) is 0 Å². The Balaban J connectivity index is 2.13. The van der Waals surface area contributed by atoms with E-state index in [-0.39, 0.29) is 11.9 Å². The Morgan fingerprint density at radius 3 is 2.75 bits per heavy atom. The highest BCUT2D eigenvalue weighted by atomic mass is 16.5. The molecule has 3 N–H and O–H groups in total. The summed E-state index contributed by atoms with van der Waals surface area (Å²) >= 11 is 0. The minimum Gasteiger partial charge on any atom is -0.397 e. The van der Waals surface area contributed by atoms with E-state index in [0.717, 1.165) is 17.0 Å². The second kappa shape index (κ2) is 5.40. The second-order valence-electron chi connectivity index (χ2n) is 5.15. The van der Waals surface area contributed by atoms with Crippen LogP contribution in [0.2, 0.25) is 0 Å². The Bertz CT molecular complexity index is 606. The lowest BCUT2D eigenvalue weighted by molar-refractivity contribution is 0.0940. The van der Waals surface area contributed by atoms with Crippen molar-refractivity contribution in [1.29, 1.82) is 0 Å². The van der Waals surface area contributed by atoms with Gasteiger partial charge >= 0.3 is 0 Å². The number of amides is 1. The third-order valence-electron chi connectivity index (χ3n) is 3.27. The normalized spacial score (nSPS) is 11.1. The lowest BCUT2D eigenvalue weighted by Crippen LogP contribution is -2.26. The summed E-state index contributed by atoms with van der Waals surface area (Å²) < 4.78 is 6.93. The Kier molecular flexibility index (Phi) is 3.83. The zero-order chi connectivity index (χ0) is 14.9. The first-order valence-electron chi connectivity index (χ1n) is 6.57. The maximum atomic E-state index is 12.3. The fourth-order valence-corrected chi connectivity index (χ4v) is 2.12. The van der Waals surface area contributed by atoms with Gasteiger partial charge in [0.1, 0.15) is 11.5 Å². The van der Waals surface area contributed by atoms with Crippen molar-refractivity contribution >= 4 is 11.6 Å². The van der Waals surface area contributed by atoms with Crippen molar-refractivity contribution in [3.63, 3.8) is 0 Å². The van der Waals surface area contributed by atoms with E-state index in [1.165, 1.54) is 0 Å². The molecule has 0 saturated carbocycles. The summed E-state index contributed by atoms with van der Waals surface area (Å²) in [6.07, 6.45) is 1.77. The van der Waals surface area contributed by atoms with E-state index in [0.29, 0.717) is 17.9 Å². The molecule has 0 atom stereocenters. The molecule has 6 nitrogen and oxygen atoms in total. The molecular formula is C14H20N4O2. The first-order valence-corrected chi connectivity index (χ1v) is 6.57. The number of nitrogens with two attached hydrogens (primary N) is 1. The first kappa shape index (κ1) is 14.2. The molecule has 0 unspecified atom stereocenters. The van der Waals surface area contributed by atoms with E-state index in [2.05, 4.69) is 10.5 Å². The summed E-state index contributed by atoms with van der Waals surface area (Å²) in [7, 11) is 0. The molecular weight excluding hydrogens is 256 g/mol. The zero-order valence-electron chi connectivity index (χ0n) is 12.2. The molecule has 0 spiro atoms. The number of aryl methyl sites for hydroxylation is 2. The van der Waals surface area contributed by atoms with Gasteiger partial charge in [-0.15, -0.1) is 0 Å². The molecule has 20 heavy (non-hydrogen) atoms. The Morgan fingerprint density at radius 2 is 2.20 bits per heavy atom. The van der Waals surface area contributed by atoms with Gasteiger partial charge in [-0.2, -0.15) is 0 Å². The third kappa shape index (κ3) is 2.68. The average Bonchev–Trinajstić information content (AvgIpc) is 2.91. The minimum absolute atomic E-state index is 0.157. The SMILES string of the molecule is Cc1noc(C)c1CNC(=O)c1cc(N)cn1C(C)C. The van der Waals surface area contributed by atoms with Crippen LogP contribution in [0.25, 0.3) is 0 Å². The van der Waals surface area contributed by atoms with Gasteiger partial charge in [0.25, 0.3) is 5.91 Å². The maximum Gasteiger partial charge on any atom is 0.268 e. The molecule has 108 valence electrons. The predicted octanol–water partition coefficient (Wildman–Crippen LogP) is 2.19. The van der Waals surface area contributed by atoms with Crippen LogP contribution in [0.5, 0.6) is 0 Å². The molecule has 0 aliphatic heterocycles. The number of carbonyl (C=O) groups excluding carboxylic acids is 1. The molecule has 0 aliphatic carbocycles. The van der Waals surface area contributed by atoms with Gasteiger partial charge in [-0.25, -0.2) is 0 Å². The van der Waals surface area contributed by atoms with Gasteiger partial charge in [0.2, 0.25) is 0 Å². The summed E-state index contributed by atoms with van der Waals surface area (Å²) in [5.41, 5.74) is 8.62. The van der Waals surface area contributed by atoms with Crippen molar-refractivity contribution < 1.29 is 9.32 Å². The van der Waals surface area contributed by atoms with E-state index in [4.69, 9.17) is 10.3 Å². The van der Waals surface area contributed by atoms with Gasteiger partial charge in [-0.05, 0) is 33.8 Å². The van der Waals surface area contributed by atoms with Crippen molar-refractivity contribution in [1.82, 2.24) is 15.0 Å². The number of carbonyl (C=O) groups is 1. The fraction of sp³-hybridized carbons (Fsp3) is 0.429. The highest BCUT2D eigenvalue weighted by Crippen LogP contribution is 2.17. The zero-order valence-corrected chi connectivity index (χ0v) is 12.2. The Labute approximate surface area is 117 Å². The molecule has 2 aromatic rings. The van der Waals surface area contributed by atoms with E-state index in [1.807, 2.05) is 32.3 Å². The van der Waals surface area contributed by atoms with Crippen LogP contribution in [-0.2, 0) is 6.54 Å². The lowest BCUT2D eigenvalue weighted by atomic mass is 10.2. The van der Waals surface area contributed by atoms with Crippen molar-refractivity contribution in [2.45, 2.75) is 40.3 Å². The monoisotopic (exact) mass is 276 g/mol. The largest absolute Gasteiger partial charge is 0.397 e. The number of anilines is 1. The van der Waals surface area contributed by atoms with Crippen LogP contribution in [-0.4, -0.2) is 15.6 Å². The number of rotatable bonds is 4. The van der Waals surface area contributed by atoms with Crippen LogP contribution in [0.1, 0.15) is 47.4 Å². The molecule has 0 saturated heterocycles. The fourth-order valence-electron chi connectivity index (χ4n) is 2.12. The van der Waals surface area contributed by atoms with Crippen LogP contribution in [0, 0.1) is 13.8 Å². The molecule has 0 bridgehead atoms. The molecule has 0 aliphatic rings. The molecule has 2 aromatic heterocycles. The Hall–Kier alpha value is -2.24. The summed E-state index contributed by atoms with van der Waals surface area (Å²) in [5.74, 6) is 0.567. The van der Waals surface area contributed by atoms with Crippen molar-refractivity contribution in [3.8, 4) is 0 Å². The maximum absolute atomic E-state index is 12.3. The molecule has 0 aromatic carbocycles.